The van der Waals surface area contributed by atoms with E-state index in [1.165, 1.54) is 7.11 Å². The highest BCUT2D eigenvalue weighted by molar-refractivity contribution is 7.80. The van der Waals surface area contributed by atoms with Gasteiger partial charge in [-0.25, -0.2) is 0 Å². The molecule has 0 aromatic heterocycles. The third-order valence-corrected chi connectivity index (χ3v) is 3.71. The lowest BCUT2D eigenvalue weighted by atomic mass is 10.2. The molecule has 6 heteroatoms. The van der Waals surface area contributed by atoms with Crippen molar-refractivity contribution in [3.63, 3.8) is 0 Å². The number of carbonyl (C=O) groups is 1. The van der Waals surface area contributed by atoms with Crippen LogP contribution >= 0.6 is 12.6 Å². The normalized spacial score (nSPS) is 15.3. The molecule has 110 valence electrons. The van der Waals surface area contributed by atoms with Gasteiger partial charge in [-0.05, 0) is 17.9 Å². The number of rotatable bonds is 4. The summed E-state index contributed by atoms with van der Waals surface area (Å²) >= 11 is 4.09. The van der Waals surface area contributed by atoms with E-state index in [0.717, 1.165) is 31.9 Å². The molecule has 1 aliphatic rings. The van der Waals surface area contributed by atoms with Gasteiger partial charge in [0.1, 0.15) is 0 Å². The van der Waals surface area contributed by atoms with E-state index in [2.05, 4.69) is 17.5 Å². The number of phenols is 1. The molecule has 0 radical (unpaired) electrons. The molecule has 0 bridgehead atoms. The van der Waals surface area contributed by atoms with Gasteiger partial charge in [0.25, 0.3) is 0 Å². The number of hydrogen-bond donors (Lipinski definition) is 2. The molecule has 20 heavy (non-hydrogen) atoms. The topological polar surface area (TPSA) is 53.0 Å². The average molecular weight is 296 g/mol. The summed E-state index contributed by atoms with van der Waals surface area (Å²) in [5.74, 6) is 1.37. The maximum atomic E-state index is 11.8. The van der Waals surface area contributed by atoms with E-state index in [-0.39, 0.29) is 11.7 Å². The minimum Gasteiger partial charge on any atom is -0.504 e. The number of piperazine rings is 1. The van der Waals surface area contributed by atoms with Crippen LogP contribution in [0.15, 0.2) is 18.2 Å². The third-order valence-electron chi connectivity index (χ3n) is 3.49. The molecule has 5 nitrogen and oxygen atoms in total. The second kappa shape index (κ2) is 6.74. The quantitative estimate of drug-likeness (QED) is 0.824. The Kier molecular flexibility index (Phi) is 5.00. The van der Waals surface area contributed by atoms with Crippen LogP contribution in [0.5, 0.6) is 11.5 Å². The van der Waals surface area contributed by atoms with Gasteiger partial charge in [-0.3, -0.25) is 4.79 Å². The van der Waals surface area contributed by atoms with E-state index in [4.69, 9.17) is 4.74 Å². The van der Waals surface area contributed by atoms with Gasteiger partial charge in [0, 0.05) is 44.4 Å². The molecule has 0 saturated carbocycles. The summed E-state index contributed by atoms with van der Waals surface area (Å²) in [5, 5.41) is 9.60. The molecule has 1 amide bonds. The van der Waals surface area contributed by atoms with Gasteiger partial charge in [0.05, 0.1) is 7.11 Å². The highest BCUT2D eigenvalue weighted by Gasteiger charge is 2.21. The lowest BCUT2D eigenvalue weighted by Gasteiger charge is -2.36. The summed E-state index contributed by atoms with van der Waals surface area (Å²) in [5.41, 5.74) is 1.00. The highest BCUT2D eigenvalue weighted by atomic mass is 32.1. The van der Waals surface area contributed by atoms with Crippen molar-refractivity contribution < 1.29 is 14.6 Å². The molecule has 0 atom stereocenters. The summed E-state index contributed by atoms with van der Waals surface area (Å²) < 4.78 is 5.12. The first kappa shape index (κ1) is 14.8. The maximum Gasteiger partial charge on any atom is 0.223 e. The molecule has 2 rings (SSSR count). The van der Waals surface area contributed by atoms with Crippen molar-refractivity contribution in [1.29, 1.82) is 0 Å². The van der Waals surface area contributed by atoms with Gasteiger partial charge in [-0.2, -0.15) is 12.6 Å². The van der Waals surface area contributed by atoms with Crippen LogP contribution in [0.4, 0.5) is 5.69 Å². The predicted molar refractivity (Wildman–Crippen MR) is 81.9 cm³/mol. The number of nitrogens with zero attached hydrogens (tertiary/aromatic N) is 2. The standard InChI is InChI=1S/C14H20N2O3S/c1-19-13-10-11(2-3-12(13)17)15-5-7-16(8-6-15)14(18)4-9-20/h2-3,10,17,20H,4-9H2,1H3. The number of ether oxygens (including phenoxy) is 1. The number of anilines is 1. The second-order valence-corrected chi connectivity index (χ2v) is 5.14. The summed E-state index contributed by atoms with van der Waals surface area (Å²) in [4.78, 5) is 15.9. The molecule has 1 fully saturated rings. The van der Waals surface area contributed by atoms with Crippen LogP contribution < -0.4 is 9.64 Å². The van der Waals surface area contributed by atoms with Crippen molar-refractivity contribution in [3.05, 3.63) is 18.2 Å². The Morgan fingerprint density at radius 1 is 1.35 bits per heavy atom. The van der Waals surface area contributed by atoms with Crippen LogP contribution in [0.2, 0.25) is 0 Å². The summed E-state index contributed by atoms with van der Waals surface area (Å²) in [6, 6.07) is 5.32. The first-order chi connectivity index (χ1) is 9.65. The maximum absolute atomic E-state index is 11.8. The highest BCUT2D eigenvalue weighted by Crippen LogP contribution is 2.30. The zero-order valence-electron chi connectivity index (χ0n) is 11.6. The van der Waals surface area contributed by atoms with Crippen molar-refractivity contribution in [1.82, 2.24) is 4.90 Å². The molecule has 1 aromatic carbocycles. The molecule has 0 unspecified atom stereocenters. The van der Waals surface area contributed by atoms with Crippen LogP contribution in [-0.2, 0) is 4.79 Å². The van der Waals surface area contributed by atoms with Crippen LogP contribution in [0.1, 0.15) is 6.42 Å². The molecular weight excluding hydrogens is 276 g/mol. The van der Waals surface area contributed by atoms with E-state index in [0.29, 0.717) is 17.9 Å². The SMILES string of the molecule is COc1cc(N2CCN(C(=O)CCS)CC2)ccc1O. The first-order valence-electron chi connectivity index (χ1n) is 6.66. The Bertz CT molecular complexity index is 473. The van der Waals surface area contributed by atoms with Crippen molar-refractivity contribution >= 4 is 24.2 Å². The van der Waals surface area contributed by atoms with Gasteiger partial charge in [0.2, 0.25) is 5.91 Å². The van der Waals surface area contributed by atoms with E-state index < -0.39 is 0 Å². The lowest BCUT2D eigenvalue weighted by molar-refractivity contribution is -0.131. The van der Waals surface area contributed by atoms with E-state index in [1.807, 2.05) is 17.0 Å². The fourth-order valence-electron chi connectivity index (χ4n) is 2.33. The Hall–Kier alpha value is -1.56. The van der Waals surface area contributed by atoms with Gasteiger partial charge in [0.15, 0.2) is 11.5 Å². The Morgan fingerprint density at radius 2 is 2.05 bits per heavy atom. The van der Waals surface area contributed by atoms with Crippen LogP contribution in [0.25, 0.3) is 0 Å². The number of phenolic OH excluding ortho intramolecular Hbond substituents is 1. The van der Waals surface area contributed by atoms with Crippen LogP contribution in [0, 0.1) is 0 Å². The molecule has 0 aliphatic carbocycles. The Labute approximate surface area is 124 Å². The van der Waals surface area contributed by atoms with Gasteiger partial charge >= 0.3 is 0 Å². The van der Waals surface area contributed by atoms with Crippen molar-refractivity contribution in [3.8, 4) is 11.5 Å². The number of thiol groups is 1. The van der Waals surface area contributed by atoms with Gasteiger partial charge in [-0.1, -0.05) is 0 Å². The minimum absolute atomic E-state index is 0.138. The first-order valence-corrected chi connectivity index (χ1v) is 7.29. The molecule has 1 heterocycles. The van der Waals surface area contributed by atoms with Gasteiger partial charge in [-0.15, -0.1) is 0 Å². The zero-order chi connectivity index (χ0) is 14.5. The Balaban J connectivity index is 1.98. The van der Waals surface area contributed by atoms with Crippen LogP contribution in [-0.4, -0.2) is 55.0 Å². The minimum atomic E-state index is 0.138. The monoisotopic (exact) mass is 296 g/mol. The van der Waals surface area contributed by atoms with Crippen LogP contribution in [0.3, 0.4) is 0 Å². The van der Waals surface area contributed by atoms with Crippen molar-refractivity contribution in [2.45, 2.75) is 6.42 Å². The van der Waals surface area contributed by atoms with Crippen molar-refractivity contribution in [2.24, 2.45) is 0 Å². The molecule has 0 spiro atoms. The fourth-order valence-corrected chi connectivity index (χ4v) is 2.52. The number of aromatic hydroxyl groups is 1. The second-order valence-electron chi connectivity index (χ2n) is 4.70. The number of hydrogen-bond acceptors (Lipinski definition) is 5. The Morgan fingerprint density at radius 3 is 2.65 bits per heavy atom. The van der Waals surface area contributed by atoms with E-state index in [9.17, 15) is 9.90 Å². The molecule has 1 aromatic rings. The lowest BCUT2D eigenvalue weighted by Crippen LogP contribution is -2.48. The van der Waals surface area contributed by atoms with E-state index >= 15 is 0 Å². The smallest absolute Gasteiger partial charge is 0.223 e. The summed E-state index contributed by atoms with van der Waals surface area (Å²) in [7, 11) is 1.53. The largest absolute Gasteiger partial charge is 0.504 e. The molecule has 1 aliphatic heterocycles. The number of carbonyl (C=O) groups excluding carboxylic acids is 1. The zero-order valence-corrected chi connectivity index (χ0v) is 12.5. The molecule has 1 N–H and O–H groups in total. The molecular formula is C14H20N2O3S. The fraction of sp³-hybridized carbons (Fsp3) is 0.500. The third kappa shape index (κ3) is 3.30. The molecule has 1 saturated heterocycles. The number of amides is 1. The average Bonchev–Trinajstić information content (AvgIpc) is 2.48. The van der Waals surface area contributed by atoms with Gasteiger partial charge < -0.3 is 19.6 Å². The summed E-state index contributed by atoms with van der Waals surface area (Å²) in [6.07, 6.45) is 0.496. The predicted octanol–water partition coefficient (Wildman–Crippen LogP) is 1.37. The summed E-state index contributed by atoms with van der Waals surface area (Å²) in [6.45, 7) is 3.00. The number of benzene rings is 1. The van der Waals surface area contributed by atoms with Crippen molar-refractivity contribution in [2.75, 3.05) is 43.9 Å². The van der Waals surface area contributed by atoms with E-state index in [1.54, 1.807) is 6.07 Å². The number of methoxy groups -OCH3 is 1.